The molecule has 4 N–H and O–H groups in total. The number of methoxy groups -OCH3 is 1. The first-order valence-corrected chi connectivity index (χ1v) is 11.6. The van der Waals surface area contributed by atoms with E-state index < -0.39 is 18.1 Å². The molecule has 1 aromatic rings. The summed E-state index contributed by atoms with van der Waals surface area (Å²) in [6.45, 7) is 7.87. The quantitative estimate of drug-likeness (QED) is 0.521. The van der Waals surface area contributed by atoms with Crippen LogP contribution in [0.4, 0.5) is 0 Å². The third kappa shape index (κ3) is 7.32. The second kappa shape index (κ2) is 12.4. The Bertz CT molecular complexity index is 868. The zero-order chi connectivity index (χ0) is 24.5. The largest absolute Gasteiger partial charge is 0.496 e. The van der Waals surface area contributed by atoms with Gasteiger partial charge in [-0.2, -0.15) is 0 Å². The Balaban J connectivity index is 2.49. The first kappa shape index (κ1) is 26.4. The van der Waals surface area contributed by atoms with Crippen LogP contribution in [0.5, 0.6) is 5.75 Å². The number of carbonyl (C=O) groups excluding carboxylic acids is 3. The molecule has 0 aliphatic carbocycles. The van der Waals surface area contributed by atoms with Crippen LogP contribution in [0.1, 0.15) is 51.7 Å². The van der Waals surface area contributed by atoms with Gasteiger partial charge in [0, 0.05) is 12.6 Å². The van der Waals surface area contributed by atoms with Crippen LogP contribution in [0, 0.1) is 11.8 Å². The molecule has 0 spiro atoms. The summed E-state index contributed by atoms with van der Waals surface area (Å²) in [5.74, 6) is -0.170. The van der Waals surface area contributed by atoms with E-state index in [-0.39, 0.29) is 29.6 Å². The standard InChI is InChI=1S/C25H38N4O4/c1-7-16(4)22-25(32)28-20(12-15(2)3)23(30)27-11-10-17-8-9-21(33-6)18(13-17)14-19(26-5)24(31)29-22/h8-11,13,15-16,19-20,22,26H,7,12,14H2,1-6H3,(H,27,30)(H,28,32)(H,29,31)/b11-10-/t16-,19-,20-,22-/m0/s1. The average Bonchev–Trinajstić information content (AvgIpc) is 2.79. The number of benzene rings is 1. The van der Waals surface area contributed by atoms with Crippen LogP contribution in [0.3, 0.4) is 0 Å². The Morgan fingerprint density at radius 2 is 1.82 bits per heavy atom. The van der Waals surface area contributed by atoms with Crippen LogP contribution in [0.25, 0.3) is 6.08 Å². The molecular weight excluding hydrogens is 420 g/mol. The van der Waals surface area contributed by atoms with Crippen molar-refractivity contribution in [1.29, 1.82) is 0 Å². The van der Waals surface area contributed by atoms with E-state index in [9.17, 15) is 14.4 Å². The molecule has 2 rings (SSSR count). The third-order valence-corrected chi connectivity index (χ3v) is 6.03. The fraction of sp³-hybridized carbons (Fsp3) is 0.560. The van der Waals surface area contributed by atoms with Crippen molar-refractivity contribution in [2.45, 2.75) is 65.1 Å². The van der Waals surface area contributed by atoms with Gasteiger partial charge >= 0.3 is 0 Å². The van der Waals surface area contributed by atoms with Crippen molar-refractivity contribution in [2.24, 2.45) is 11.8 Å². The molecule has 8 nitrogen and oxygen atoms in total. The lowest BCUT2D eigenvalue weighted by Gasteiger charge is -2.28. The molecule has 1 aliphatic rings. The zero-order valence-corrected chi connectivity index (χ0v) is 20.5. The summed E-state index contributed by atoms with van der Waals surface area (Å²) in [6, 6.07) is 3.63. The third-order valence-electron chi connectivity index (χ3n) is 6.03. The fourth-order valence-electron chi connectivity index (χ4n) is 3.85. The summed E-state index contributed by atoms with van der Waals surface area (Å²) in [5, 5.41) is 11.6. The Morgan fingerprint density at radius 3 is 2.42 bits per heavy atom. The van der Waals surface area contributed by atoms with E-state index in [0.717, 1.165) is 11.1 Å². The summed E-state index contributed by atoms with van der Waals surface area (Å²) >= 11 is 0. The molecule has 8 heteroatoms. The van der Waals surface area contributed by atoms with Gasteiger partial charge in [0.25, 0.3) is 0 Å². The van der Waals surface area contributed by atoms with Crippen molar-refractivity contribution in [1.82, 2.24) is 21.3 Å². The number of carbonyl (C=O) groups is 3. The smallest absolute Gasteiger partial charge is 0.246 e. The second-order valence-electron chi connectivity index (χ2n) is 9.02. The van der Waals surface area contributed by atoms with Crippen LogP contribution in [-0.2, 0) is 20.8 Å². The van der Waals surface area contributed by atoms with Crippen molar-refractivity contribution < 1.29 is 19.1 Å². The molecule has 33 heavy (non-hydrogen) atoms. The predicted molar refractivity (Wildman–Crippen MR) is 129 cm³/mol. The van der Waals surface area contributed by atoms with Gasteiger partial charge in [-0.25, -0.2) is 0 Å². The van der Waals surface area contributed by atoms with Crippen molar-refractivity contribution in [3.8, 4) is 5.75 Å². The fourth-order valence-corrected chi connectivity index (χ4v) is 3.85. The average molecular weight is 459 g/mol. The summed E-state index contributed by atoms with van der Waals surface area (Å²) in [7, 11) is 3.30. The number of amides is 3. The van der Waals surface area contributed by atoms with Gasteiger partial charge in [0.15, 0.2) is 0 Å². The lowest BCUT2D eigenvalue weighted by atomic mass is 9.95. The molecule has 0 saturated heterocycles. The molecular formula is C25H38N4O4. The molecule has 2 bridgehead atoms. The Morgan fingerprint density at radius 1 is 1.09 bits per heavy atom. The van der Waals surface area contributed by atoms with Gasteiger partial charge in [-0.15, -0.1) is 0 Å². The lowest BCUT2D eigenvalue weighted by Crippen LogP contribution is -2.58. The highest BCUT2D eigenvalue weighted by atomic mass is 16.5. The second-order valence-corrected chi connectivity index (χ2v) is 9.02. The monoisotopic (exact) mass is 458 g/mol. The summed E-state index contributed by atoms with van der Waals surface area (Å²) in [5.41, 5.74) is 1.70. The van der Waals surface area contributed by atoms with Crippen LogP contribution < -0.4 is 26.0 Å². The molecule has 1 aromatic carbocycles. The maximum Gasteiger partial charge on any atom is 0.246 e. The number of hydrogen-bond donors (Lipinski definition) is 4. The van der Waals surface area contributed by atoms with Crippen LogP contribution in [0.2, 0.25) is 0 Å². The summed E-state index contributed by atoms with van der Waals surface area (Å²) in [6.07, 6.45) is 4.92. The predicted octanol–water partition coefficient (Wildman–Crippen LogP) is 1.99. The van der Waals surface area contributed by atoms with E-state index in [1.54, 1.807) is 26.4 Å². The van der Waals surface area contributed by atoms with Gasteiger partial charge in [-0.1, -0.05) is 40.2 Å². The van der Waals surface area contributed by atoms with Crippen LogP contribution in [-0.4, -0.2) is 50.0 Å². The number of likely N-dealkylation sites (N-methyl/N-ethyl adjacent to an activating group) is 1. The van der Waals surface area contributed by atoms with E-state index in [2.05, 4.69) is 21.3 Å². The zero-order valence-electron chi connectivity index (χ0n) is 20.5. The SMILES string of the molecule is CC[C@H](C)[C@@H]1NC(=O)[C@@H](NC)Cc2cc(ccc2OC)/C=C\NC(=O)[C@H](CC(C)C)NC1=O. The topological polar surface area (TPSA) is 109 Å². The van der Waals surface area contributed by atoms with Gasteiger partial charge in [0.1, 0.15) is 17.8 Å². The molecule has 0 aromatic heterocycles. The highest BCUT2D eigenvalue weighted by Crippen LogP contribution is 2.23. The van der Waals surface area contributed by atoms with Crippen LogP contribution >= 0.6 is 0 Å². The van der Waals surface area contributed by atoms with E-state index >= 15 is 0 Å². The summed E-state index contributed by atoms with van der Waals surface area (Å²) < 4.78 is 5.49. The normalized spacial score (nSPS) is 24.1. The van der Waals surface area contributed by atoms with Crippen molar-refractivity contribution in [3.05, 3.63) is 35.5 Å². The summed E-state index contributed by atoms with van der Waals surface area (Å²) in [4.78, 5) is 39.3. The number of fused-ring (bicyclic) bond motifs is 2. The van der Waals surface area contributed by atoms with Gasteiger partial charge < -0.3 is 26.0 Å². The van der Waals surface area contributed by atoms with E-state index in [1.165, 1.54) is 0 Å². The Hall–Kier alpha value is -2.87. The van der Waals surface area contributed by atoms with Gasteiger partial charge in [0.05, 0.1) is 13.2 Å². The first-order valence-electron chi connectivity index (χ1n) is 11.6. The molecule has 0 saturated carbocycles. The molecule has 0 radical (unpaired) electrons. The van der Waals surface area contributed by atoms with Gasteiger partial charge in [-0.3, -0.25) is 14.4 Å². The Labute approximate surface area is 196 Å². The van der Waals surface area contributed by atoms with E-state index in [0.29, 0.717) is 25.0 Å². The minimum absolute atomic E-state index is 0.109. The molecule has 3 amide bonds. The highest BCUT2D eigenvalue weighted by molar-refractivity contribution is 5.93. The van der Waals surface area contributed by atoms with Crippen molar-refractivity contribution >= 4 is 23.8 Å². The number of hydrogen-bond acceptors (Lipinski definition) is 5. The molecule has 1 aliphatic heterocycles. The lowest BCUT2D eigenvalue weighted by molar-refractivity contribution is -0.133. The van der Waals surface area contributed by atoms with Gasteiger partial charge in [-0.05, 0) is 54.6 Å². The minimum Gasteiger partial charge on any atom is -0.496 e. The molecule has 0 fully saturated rings. The van der Waals surface area contributed by atoms with E-state index in [4.69, 9.17) is 4.74 Å². The maximum absolute atomic E-state index is 13.2. The van der Waals surface area contributed by atoms with Crippen molar-refractivity contribution in [2.75, 3.05) is 14.2 Å². The Kier molecular flexibility index (Phi) is 9.91. The van der Waals surface area contributed by atoms with Gasteiger partial charge in [0.2, 0.25) is 17.7 Å². The number of nitrogens with one attached hydrogen (secondary N) is 4. The molecule has 0 unspecified atom stereocenters. The number of rotatable bonds is 6. The maximum atomic E-state index is 13.2. The molecule has 4 atom stereocenters. The number of ether oxygens (including phenoxy) is 1. The highest BCUT2D eigenvalue weighted by Gasteiger charge is 2.32. The van der Waals surface area contributed by atoms with Crippen LogP contribution in [0.15, 0.2) is 24.4 Å². The molecule has 1 heterocycles. The minimum atomic E-state index is -0.755. The first-order chi connectivity index (χ1) is 15.7. The molecule has 182 valence electrons. The van der Waals surface area contributed by atoms with Crippen molar-refractivity contribution in [3.63, 3.8) is 0 Å². The van der Waals surface area contributed by atoms with E-state index in [1.807, 2.05) is 45.9 Å².